The summed E-state index contributed by atoms with van der Waals surface area (Å²) in [5, 5.41) is 0. The lowest BCUT2D eigenvalue weighted by Crippen LogP contribution is -2.35. The number of carbonyl (C=O) groups excluding carboxylic acids is 2. The van der Waals surface area contributed by atoms with Crippen LogP contribution >= 0.6 is 0 Å². The van der Waals surface area contributed by atoms with E-state index in [1.807, 2.05) is 19.9 Å². The molecule has 1 unspecified atom stereocenters. The van der Waals surface area contributed by atoms with E-state index in [-0.39, 0.29) is 11.5 Å². The van der Waals surface area contributed by atoms with Gasteiger partial charge in [-0.25, -0.2) is 4.79 Å². The first-order chi connectivity index (χ1) is 12.5. The van der Waals surface area contributed by atoms with Crippen LogP contribution in [-0.2, 0) is 34.3 Å². The minimum absolute atomic E-state index is 0.0281. The Labute approximate surface area is 154 Å². The van der Waals surface area contributed by atoms with Crippen molar-refractivity contribution < 1.29 is 28.5 Å². The van der Waals surface area contributed by atoms with Crippen LogP contribution in [-0.4, -0.2) is 25.2 Å². The van der Waals surface area contributed by atoms with Crippen molar-refractivity contribution in [1.82, 2.24) is 0 Å². The molecule has 0 bridgehead atoms. The van der Waals surface area contributed by atoms with Crippen molar-refractivity contribution in [2.24, 2.45) is 0 Å². The summed E-state index contributed by atoms with van der Waals surface area (Å²) in [7, 11) is 0. The highest BCUT2D eigenvalue weighted by molar-refractivity contribution is 5.90. The van der Waals surface area contributed by atoms with Crippen molar-refractivity contribution >= 4 is 11.9 Å². The highest BCUT2D eigenvalue weighted by Gasteiger charge is 2.56. The molecule has 0 radical (unpaired) electrons. The van der Waals surface area contributed by atoms with E-state index in [1.165, 1.54) is 6.92 Å². The van der Waals surface area contributed by atoms with Crippen molar-refractivity contribution in [1.29, 1.82) is 0 Å². The summed E-state index contributed by atoms with van der Waals surface area (Å²) in [6.07, 6.45) is 3.40. The standard InChI is InChI=1S/C20H26O6/c1-4-6-13-23-17-18(24-14-7-5-2)20(25-15(3)21,26-19(17)22)16-11-9-8-10-12-16/h8-12H,4-7,13-14H2,1-3H3. The number of hydrogen-bond acceptors (Lipinski definition) is 6. The van der Waals surface area contributed by atoms with Crippen molar-refractivity contribution in [3.05, 3.63) is 47.4 Å². The summed E-state index contributed by atoms with van der Waals surface area (Å²) in [6, 6.07) is 8.80. The highest BCUT2D eigenvalue weighted by Crippen LogP contribution is 2.43. The van der Waals surface area contributed by atoms with Crippen LogP contribution in [0.25, 0.3) is 0 Å². The Morgan fingerprint density at radius 3 is 2.23 bits per heavy atom. The normalized spacial score (nSPS) is 19.3. The van der Waals surface area contributed by atoms with Crippen LogP contribution in [0.5, 0.6) is 0 Å². The Morgan fingerprint density at radius 2 is 1.65 bits per heavy atom. The molecule has 26 heavy (non-hydrogen) atoms. The summed E-state index contributed by atoms with van der Waals surface area (Å²) in [6.45, 7) is 6.03. The quantitative estimate of drug-likeness (QED) is 0.466. The second-order valence-electron chi connectivity index (χ2n) is 6.03. The fraction of sp³-hybridized carbons (Fsp3) is 0.500. The van der Waals surface area contributed by atoms with Gasteiger partial charge in [0.1, 0.15) is 0 Å². The first-order valence-electron chi connectivity index (χ1n) is 9.04. The smallest absolute Gasteiger partial charge is 0.381 e. The van der Waals surface area contributed by atoms with Crippen LogP contribution in [0.15, 0.2) is 41.9 Å². The van der Waals surface area contributed by atoms with Gasteiger partial charge < -0.3 is 18.9 Å². The number of ether oxygens (including phenoxy) is 4. The molecule has 0 aliphatic carbocycles. The van der Waals surface area contributed by atoms with E-state index in [4.69, 9.17) is 18.9 Å². The molecule has 1 aliphatic rings. The van der Waals surface area contributed by atoms with Gasteiger partial charge in [0.15, 0.2) is 0 Å². The van der Waals surface area contributed by atoms with Gasteiger partial charge in [0.05, 0.1) is 13.2 Å². The molecule has 142 valence electrons. The van der Waals surface area contributed by atoms with Gasteiger partial charge in [0, 0.05) is 12.5 Å². The number of unbranched alkanes of at least 4 members (excludes halogenated alkanes) is 2. The molecule has 0 saturated carbocycles. The third-order valence-corrected chi connectivity index (χ3v) is 3.86. The van der Waals surface area contributed by atoms with Crippen molar-refractivity contribution in [3.8, 4) is 0 Å². The van der Waals surface area contributed by atoms with Crippen LogP contribution in [0.4, 0.5) is 0 Å². The van der Waals surface area contributed by atoms with Crippen molar-refractivity contribution in [3.63, 3.8) is 0 Å². The number of benzene rings is 1. The molecule has 0 aromatic heterocycles. The lowest BCUT2D eigenvalue weighted by molar-refractivity contribution is -0.220. The van der Waals surface area contributed by atoms with Gasteiger partial charge in [-0.2, -0.15) is 0 Å². The fourth-order valence-corrected chi connectivity index (χ4v) is 2.56. The second kappa shape index (κ2) is 9.27. The van der Waals surface area contributed by atoms with Gasteiger partial charge in [0.25, 0.3) is 5.76 Å². The zero-order valence-electron chi connectivity index (χ0n) is 15.6. The maximum absolute atomic E-state index is 12.5. The SMILES string of the molecule is CCCCOC1=C(OCCCC)C(OC(C)=O)(c2ccccc2)OC1=O. The van der Waals surface area contributed by atoms with E-state index in [9.17, 15) is 9.59 Å². The zero-order valence-corrected chi connectivity index (χ0v) is 15.6. The predicted octanol–water partition coefficient (Wildman–Crippen LogP) is 3.80. The summed E-state index contributed by atoms with van der Waals surface area (Å²) in [5.74, 6) is -2.96. The Bertz CT molecular complexity index is 652. The Balaban J connectivity index is 2.48. The number of rotatable bonds is 10. The first kappa shape index (κ1) is 19.8. The molecule has 1 aromatic rings. The zero-order chi connectivity index (χ0) is 19.0. The monoisotopic (exact) mass is 362 g/mol. The van der Waals surface area contributed by atoms with E-state index in [0.717, 1.165) is 25.7 Å². The lowest BCUT2D eigenvalue weighted by atomic mass is 10.0. The molecule has 1 atom stereocenters. The molecule has 6 heteroatoms. The average Bonchev–Trinajstić information content (AvgIpc) is 2.88. The van der Waals surface area contributed by atoms with Crippen molar-refractivity contribution in [2.45, 2.75) is 52.2 Å². The average molecular weight is 362 g/mol. The third-order valence-electron chi connectivity index (χ3n) is 3.86. The Kier molecular flexibility index (Phi) is 7.06. The van der Waals surface area contributed by atoms with Crippen molar-refractivity contribution in [2.75, 3.05) is 13.2 Å². The van der Waals surface area contributed by atoms with Crippen LogP contribution in [0.1, 0.15) is 52.0 Å². The number of cyclic esters (lactones) is 1. The minimum Gasteiger partial charge on any atom is -0.487 e. The minimum atomic E-state index is -1.75. The van der Waals surface area contributed by atoms with Gasteiger partial charge >= 0.3 is 17.7 Å². The van der Waals surface area contributed by atoms with Gasteiger partial charge in [-0.15, -0.1) is 0 Å². The first-order valence-corrected chi connectivity index (χ1v) is 9.04. The topological polar surface area (TPSA) is 71.1 Å². The maximum atomic E-state index is 12.5. The van der Waals surface area contributed by atoms with Crippen LogP contribution < -0.4 is 0 Å². The summed E-state index contributed by atoms with van der Waals surface area (Å²) in [5.41, 5.74) is 0.490. The predicted molar refractivity (Wildman–Crippen MR) is 94.7 cm³/mol. The number of hydrogen-bond donors (Lipinski definition) is 0. The molecule has 6 nitrogen and oxygen atoms in total. The molecule has 0 saturated heterocycles. The van der Waals surface area contributed by atoms with E-state index in [0.29, 0.717) is 18.8 Å². The van der Waals surface area contributed by atoms with E-state index in [1.54, 1.807) is 24.3 Å². The van der Waals surface area contributed by atoms with E-state index < -0.39 is 17.7 Å². The van der Waals surface area contributed by atoms with Gasteiger partial charge in [0.2, 0.25) is 5.76 Å². The molecule has 0 spiro atoms. The third kappa shape index (κ3) is 4.36. The van der Waals surface area contributed by atoms with Gasteiger partial charge in [-0.05, 0) is 12.8 Å². The lowest BCUT2D eigenvalue weighted by Gasteiger charge is -2.29. The van der Waals surface area contributed by atoms with E-state index in [2.05, 4.69) is 0 Å². The molecule has 1 aromatic carbocycles. The molecule has 0 fully saturated rings. The largest absolute Gasteiger partial charge is 0.487 e. The molecular weight excluding hydrogens is 336 g/mol. The number of carbonyl (C=O) groups is 2. The molecular formula is C20H26O6. The summed E-state index contributed by atoms with van der Waals surface area (Å²) < 4.78 is 22.5. The molecule has 2 rings (SSSR count). The second-order valence-corrected chi connectivity index (χ2v) is 6.03. The molecule has 1 heterocycles. The van der Waals surface area contributed by atoms with Crippen LogP contribution in [0.2, 0.25) is 0 Å². The van der Waals surface area contributed by atoms with Crippen LogP contribution in [0, 0.1) is 0 Å². The van der Waals surface area contributed by atoms with E-state index >= 15 is 0 Å². The number of esters is 2. The molecule has 0 N–H and O–H groups in total. The fourth-order valence-electron chi connectivity index (χ4n) is 2.56. The maximum Gasteiger partial charge on any atom is 0.381 e. The molecule has 0 amide bonds. The Morgan fingerprint density at radius 1 is 1.04 bits per heavy atom. The summed E-state index contributed by atoms with van der Waals surface area (Å²) in [4.78, 5) is 24.3. The van der Waals surface area contributed by atoms with Gasteiger partial charge in [-0.3, -0.25) is 4.79 Å². The Hall–Kier alpha value is -2.50. The summed E-state index contributed by atoms with van der Waals surface area (Å²) >= 11 is 0. The van der Waals surface area contributed by atoms with Gasteiger partial charge in [-0.1, -0.05) is 57.0 Å². The molecule has 1 aliphatic heterocycles. The van der Waals surface area contributed by atoms with Crippen LogP contribution in [0.3, 0.4) is 0 Å². The highest BCUT2D eigenvalue weighted by atomic mass is 16.8.